The van der Waals surface area contributed by atoms with Gasteiger partial charge in [0.25, 0.3) is 0 Å². The molecule has 0 amide bonds. The Hall–Kier alpha value is -1.89. The third kappa shape index (κ3) is 3.63. The summed E-state index contributed by atoms with van der Waals surface area (Å²) in [6.07, 6.45) is -0.250. The second kappa shape index (κ2) is 7.39. The first-order chi connectivity index (χ1) is 12.3. The number of hydrogen-bond acceptors (Lipinski definition) is 4. The predicted octanol–water partition coefficient (Wildman–Crippen LogP) is 3.38. The highest BCUT2D eigenvalue weighted by molar-refractivity contribution is 7.89. The van der Waals surface area contributed by atoms with Crippen LogP contribution in [-0.2, 0) is 14.8 Å². The quantitative estimate of drug-likeness (QED) is 0.822. The van der Waals surface area contributed by atoms with Crippen LogP contribution in [0.25, 0.3) is 0 Å². The van der Waals surface area contributed by atoms with Gasteiger partial charge in [-0.25, -0.2) is 8.42 Å². The predicted molar refractivity (Wildman–Crippen MR) is 101 cm³/mol. The van der Waals surface area contributed by atoms with E-state index in [4.69, 9.17) is 9.47 Å². The fourth-order valence-electron chi connectivity index (χ4n) is 3.36. The van der Waals surface area contributed by atoms with Crippen molar-refractivity contribution in [1.29, 1.82) is 0 Å². The lowest BCUT2D eigenvalue weighted by Gasteiger charge is -2.32. The molecule has 0 spiro atoms. The molecule has 140 valence electrons. The molecule has 1 unspecified atom stereocenters. The van der Waals surface area contributed by atoms with Crippen LogP contribution in [-0.4, -0.2) is 39.5 Å². The molecule has 0 N–H and O–H groups in total. The van der Waals surface area contributed by atoms with Gasteiger partial charge in [0.05, 0.1) is 24.7 Å². The Kier molecular flexibility index (Phi) is 5.37. The van der Waals surface area contributed by atoms with Gasteiger partial charge in [-0.15, -0.1) is 0 Å². The highest BCUT2D eigenvalue weighted by atomic mass is 32.2. The fourth-order valence-corrected chi connectivity index (χ4v) is 4.95. The molecule has 1 saturated heterocycles. The standard InChI is InChI=1S/C20H25NO4S/c1-14-5-7-17(8-6-14)19-13-21(9-10-25-19)26(22,23)18-11-15(2)20(24-4)16(3)12-18/h5-8,11-12,19H,9-10,13H2,1-4H3. The number of hydrogen-bond donors (Lipinski definition) is 0. The van der Waals surface area contributed by atoms with E-state index in [1.54, 1.807) is 19.2 Å². The van der Waals surface area contributed by atoms with E-state index in [0.29, 0.717) is 24.6 Å². The van der Waals surface area contributed by atoms with Crippen molar-refractivity contribution in [2.24, 2.45) is 0 Å². The lowest BCUT2D eigenvalue weighted by atomic mass is 10.1. The van der Waals surface area contributed by atoms with Crippen molar-refractivity contribution >= 4 is 10.0 Å². The molecule has 1 fully saturated rings. The molecule has 1 aliphatic heterocycles. The van der Waals surface area contributed by atoms with E-state index in [1.165, 1.54) is 9.87 Å². The van der Waals surface area contributed by atoms with Crippen LogP contribution >= 0.6 is 0 Å². The van der Waals surface area contributed by atoms with Crippen LogP contribution in [0.1, 0.15) is 28.4 Å². The molecule has 6 heteroatoms. The molecule has 26 heavy (non-hydrogen) atoms. The van der Waals surface area contributed by atoms with E-state index < -0.39 is 10.0 Å². The van der Waals surface area contributed by atoms with Crippen molar-refractivity contribution in [2.45, 2.75) is 31.8 Å². The van der Waals surface area contributed by atoms with Crippen LogP contribution in [0, 0.1) is 20.8 Å². The molecule has 1 atom stereocenters. The van der Waals surface area contributed by atoms with Crippen molar-refractivity contribution < 1.29 is 17.9 Å². The molecule has 0 radical (unpaired) electrons. The molecule has 5 nitrogen and oxygen atoms in total. The minimum Gasteiger partial charge on any atom is -0.496 e. The first-order valence-corrected chi connectivity index (χ1v) is 10.1. The van der Waals surface area contributed by atoms with E-state index in [1.807, 2.05) is 45.0 Å². The van der Waals surface area contributed by atoms with Gasteiger partial charge in [-0.2, -0.15) is 4.31 Å². The van der Waals surface area contributed by atoms with Crippen LogP contribution in [0.4, 0.5) is 0 Å². The Morgan fingerprint density at radius 2 is 1.69 bits per heavy atom. The van der Waals surface area contributed by atoms with Crippen LogP contribution in [0.3, 0.4) is 0 Å². The average molecular weight is 375 g/mol. The summed E-state index contributed by atoms with van der Waals surface area (Å²) >= 11 is 0. The minimum atomic E-state index is -3.58. The zero-order chi connectivity index (χ0) is 18.9. The van der Waals surface area contributed by atoms with Crippen LogP contribution in [0.5, 0.6) is 5.75 Å². The number of aryl methyl sites for hydroxylation is 3. The monoisotopic (exact) mass is 375 g/mol. The normalized spacial score (nSPS) is 18.7. The van der Waals surface area contributed by atoms with Crippen molar-refractivity contribution in [3.05, 3.63) is 58.7 Å². The molecular formula is C20H25NO4S. The highest BCUT2D eigenvalue weighted by Crippen LogP contribution is 2.30. The van der Waals surface area contributed by atoms with Gasteiger partial charge in [-0.05, 0) is 49.6 Å². The van der Waals surface area contributed by atoms with E-state index in [2.05, 4.69) is 0 Å². The minimum absolute atomic E-state index is 0.250. The second-order valence-electron chi connectivity index (χ2n) is 6.72. The van der Waals surface area contributed by atoms with E-state index in [-0.39, 0.29) is 6.10 Å². The third-order valence-corrected chi connectivity index (χ3v) is 6.60. The number of methoxy groups -OCH3 is 1. The van der Waals surface area contributed by atoms with Crippen molar-refractivity contribution in [3.63, 3.8) is 0 Å². The summed E-state index contributed by atoms with van der Waals surface area (Å²) in [6, 6.07) is 11.4. The highest BCUT2D eigenvalue weighted by Gasteiger charge is 2.32. The van der Waals surface area contributed by atoms with Crippen LogP contribution in [0.15, 0.2) is 41.3 Å². The van der Waals surface area contributed by atoms with E-state index in [0.717, 1.165) is 22.4 Å². The molecule has 0 aliphatic carbocycles. The summed E-state index contributed by atoms with van der Waals surface area (Å²) in [5, 5.41) is 0. The van der Waals surface area contributed by atoms with Crippen molar-refractivity contribution in [1.82, 2.24) is 4.31 Å². The van der Waals surface area contributed by atoms with Gasteiger partial charge in [0, 0.05) is 13.1 Å². The molecule has 3 rings (SSSR count). The van der Waals surface area contributed by atoms with Gasteiger partial charge < -0.3 is 9.47 Å². The number of rotatable bonds is 4. The molecule has 0 aromatic heterocycles. The molecular weight excluding hydrogens is 350 g/mol. The average Bonchev–Trinajstić information content (AvgIpc) is 2.62. The maximum atomic E-state index is 13.2. The Morgan fingerprint density at radius 3 is 2.27 bits per heavy atom. The number of nitrogens with zero attached hydrogens (tertiary/aromatic N) is 1. The van der Waals surface area contributed by atoms with E-state index >= 15 is 0 Å². The molecule has 0 bridgehead atoms. The summed E-state index contributed by atoms with van der Waals surface area (Å²) in [7, 11) is -1.99. The van der Waals surface area contributed by atoms with Crippen LogP contribution < -0.4 is 4.74 Å². The maximum absolute atomic E-state index is 13.2. The lowest BCUT2D eigenvalue weighted by Crippen LogP contribution is -2.42. The SMILES string of the molecule is COc1c(C)cc(S(=O)(=O)N2CCOC(c3ccc(C)cc3)C2)cc1C. The van der Waals surface area contributed by atoms with Crippen molar-refractivity contribution in [2.75, 3.05) is 26.8 Å². The number of morpholine rings is 1. The number of sulfonamides is 1. The zero-order valence-corrected chi connectivity index (χ0v) is 16.5. The van der Waals surface area contributed by atoms with Gasteiger partial charge in [-0.1, -0.05) is 29.8 Å². The number of benzene rings is 2. The summed E-state index contributed by atoms with van der Waals surface area (Å²) in [4.78, 5) is 0.304. The smallest absolute Gasteiger partial charge is 0.243 e. The summed E-state index contributed by atoms with van der Waals surface area (Å²) in [6.45, 7) is 6.80. The Bertz CT molecular complexity index is 868. The molecule has 0 saturated carbocycles. The fraction of sp³-hybridized carbons (Fsp3) is 0.400. The Labute approximate surface area is 155 Å². The first kappa shape index (κ1) is 18.9. The van der Waals surface area contributed by atoms with Crippen molar-refractivity contribution in [3.8, 4) is 5.75 Å². The van der Waals surface area contributed by atoms with Crippen LogP contribution in [0.2, 0.25) is 0 Å². The van der Waals surface area contributed by atoms with E-state index in [9.17, 15) is 8.42 Å². The number of ether oxygens (including phenoxy) is 2. The summed E-state index contributed by atoms with van der Waals surface area (Å²) in [5.74, 6) is 0.725. The molecule has 1 aliphatic rings. The van der Waals surface area contributed by atoms with Gasteiger partial charge in [0.2, 0.25) is 10.0 Å². The molecule has 2 aromatic rings. The molecule has 2 aromatic carbocycles. The summed E-state index contributed by atoms with van der Waals surface area (Å²) in [5.41, 5.74) is 3.79. The maximum Gasteiger partial charge on any atom is 0.243 e. The Balaban J connectivity index is 1.88. The lowest BCUT2D eigenvalue weighted by molar-refractivity contribution is -0.00256. The topological polar surface area (TPSA) is 55.8 Å². The largest absolute Gasteiger partial charge is 0.496 e. The van der Waals surface area contributed by atoms with Gasteiger partial charge in [0.15, 0.2) is 0 Å². The Morgan fingerprint density at radius 1 is 1.08 bits per heavy atom. The van der Waals surface area contributed by atoms with Gasteiger partial charge in [-0.3, -0.25) is 0 Å². The molecule has 1 heterocycles. The van der Waals surface area contributed by atoms with Gasteiger partial charge in [0.1, 0.15) is 5.75 Å². The zero-order valence-electron chi connectivity index (χ0n) is 15.7. The second-order valence-corrected chi connectivity index (χ2v) is 8.66. The van der Waals surface area contributed by atoms with Gasteiger partial charge >= 0.3 is 0 Å². The third-order valence-electron chi connectivity index (χ3n) is 4.75. The first-order valence-electron chi connectivity index (χ1n) is 8.66. The summed E-state index contributed by atoms with van der Waals surface area (Å²) < 4.78 is 39.0.